The Kier molecular flexibility index (Phi) is 4.33. The summed E-state index contributed by atoms with van der Waals surface area (Å²) < 4.78 is 52.3. The van der Waals surface area contributed by atoms with Crippen molar-refractivity contribution in [1.82, 2.24) is 10.3 Å². The molecule has 1 aromatic rings. The number of carbonyl (C=O) groups is 1. The number of pyridine rings is 1. The first kappa shape index (κ1) is 15.2. The van der Waals surface area contributed by atoms with Crippen LogP contribution in [0, 0.1) is 28.9 Å². The number of hydrogen-bond donors (Lipinski definition) is 2. The molecule has 0 unspecified atom stereocenters. The van der Waals surface area contributed by atoms with Gasteiger partial charge in [-0.05, 0) is 13.8 Å². The molecule has 0 bridgehead atoms. The third-order valence-electron chi connectivity index (χ3n) is 2.55. The van der Waals surface area contributed by atoms with Gasteiger partial charge in [-0.3, -0.25) is 4.79 Å². The fourth-order valence-electron chi connectivity index (χ4n) is 1.37. The van der Waals surface area contributed by atoms with Crippen LogP contribution in [0.1, 0.15) is 13.8 Å². The average molecular weight is 279 g/mol. The van der Waals surface area contributed by atoms with Crippen molar-refractivity contribution < 1.29 is 22.4 Å². The SMILES string of the molecule is CNC(=O)C(C)(C)CNc1c(F)c(F)nc(F)c1F. The van der Waals surface area contributed by atoms with Crippen LogP contribution in [0.5, 0.6) is 0 Å². The first-order valence-electron chi connectivity index (χ1n) is 5.36. The number of nitrogens with one attached hydrogen (secondary N) is 2. The number of hydrogen-bond acceptors (Lipinski definition) is 3. The summed E-state index contributed by atoms with van der Waals surface area (Å²) in [6.07, 6.45) is 0. The van der Waals surface area contributed by atoms with Gasteiger partial charge in [0.15, 0.2) is 0 Å². The van der Waals surface area contributed by atoms with Gasteiger partial charge in [-0.2, -0.15) is 22.5 Å². The Bertz CT molecular complexity index is 479. The van der Waals surface area contributed by atoms with E-state index in [9.17, 15) is 22.4 Å². The van der Waals surface area contributed by atoms with Crippen molar-refractivity contribution in [3.8, 4) is 0 Å². The van der Waals surface area contributed by atoms with E-state index in [-0.39, 0.29) is 6.54 Å². The predicted molar refractivity (Wildman–Crippen MR) is 60.4 cm³/mol. The van der Waals surface area contributed by atoms with E-state index in [1.807, 2.05) is 0 Å². The Balaban J connectivity index is 2.99. The Hall–Kier alpha value is -1.86. The molecule has 0 atom stereocenters. The largest absolute Gasteiger partial charge is 0.379 e. The highest BCUT2D eigenvalue weighted by Gasteiger charge is 2.28. The van der Waals surface area contributed by atoms with Crippen LogP contribution in [-0.2, 0) is 4.79 Å². The van der Waals surface area contributed by atoms with Crippen LogP contribution >= 0.6 is 0 Å². The number of amides is 1. The number of rotatable bonds is 4. The molecular weight excluding hydrogens is 266 g/mol. The molecule has 0 aliphatic carbocycles. The van der Waals surface area contributed by atoms with Crippen LogP contribution in [0.15, 0.2) is 0 Å². The summed E-state index contributed by atoms with van der Waals surface area (Å²) in [5.74, 6) is -7.16. The van der Waals surface area contributed by atoms with Crippen molar-refractivity contribution in [2.24, 2.45) is 5.41 Å². The van der Waals surface area contributed by atoms with Gasteiger partial charge in [0.1, 0.15) is 5.69 Å². The first-order valence-corrected chi connectivity index (χ1v) is 5.36. The van der Waals surface area contributed by atoms with Gasteiger partial charge in [0.2, 0.25) is 17.5 Å². The minimum atomic E-state index is -1.75. The predicted octanol–water partition coefficient (Wildman–Crippen LogP) is 1.82. The van der Waals surface area contributed by atoms with Crippen LogP contribution in [0.2, 0.25) is 0 Å². The topological polar surface area (TPSA) is 54.0 Å². The van der Waals surface area contributed by atoms with E-state index in [0.29, 0.717) is 0 Å². The van der Waals surface area contributed by atoms with E-state index >= 15 is 0 Å². The molecule has 0 saturated carbocycles. The molecule has 8 heteroatoms. The second-order valence-corrected chi connectivity index (χ2v) is 4.51. The van der Waals surface area contributed by atoms with Crippen LogP contribution in [0.3, 0.4) is 0 Å². The summed E-state index contributed by atoms with van der Waals surface area (Å²) in [5, 5.41) is 4.55. The monoisotopic (exact) mass is 279 g/mol. The molecule has 0 spiro atoms. The Morgan fingerprint density at radius 1 is 1.16 bits per heavy atom. The van der Waals surface area contributed by atoms with Crippen LogP contribution in [0.4, 0.5) is 23.2 Å². The number of halogens is 4. The fraction of sp³-hybridized carbons (Fsp3) is 0.455. The molecule has 1 heterocycles. The Morgan fingerprint density at radius 2 is 1.63 bits per heavy atom. The van der Waals surface area contributed by atoms with Gasteiger partial charge >= 0.3 is 0 Å². The maximum atomic E-state index is 13.3. The molecule has 4 nitrogen and oxygen atoms in total. The summed E-state index contributed by atoms with van der Waals surface area (Å²) in [4.78, 5) is 13.9. The van der Waals surface area contributed by atoms with Crippen molar-refractivity contribution in [2.75, 3.05) is 18.9 Å². The second-order valence-electron chi connectivity index (χ2n) is 4.51. The maximum absolute atomic E-state index is 13.3. The lowest BCUT2D eigenvalue weighted by molar-refractivity contribution is -0.128. The highest BCUT2D eigenvalue weighted by atomic mass is 19.2. The van der Waals surface area contributed by atoms with E-state index in [0.717, 1.165) is 0 Å². The number of nitrogens with zero attached hydrogens (tertiary/aromatic N) is 1. The lowest BCUT2D eigenvalue weighted by Crippen LogP contribution is -2.39. The van der Waals surface area contributed by atoms with Crippen LogP contribution < -0.4 is 10.6 Å². The first-order chi connectivity index (χ1) is 8.70. The molecule has 0 fully saturated rings. The molecule has 0 saturated heterocycles. The van der Waals surface area contributed by atoms with Gasteiger partial charge < -0.3 is 10.6 Å². The lowest BCUT2D eigenvalue weighted by Gasteiger charge is -2.23. The summed E-state index contributed by atoms with van der Waals surface area (Å²) >= 11 is 0. The van der Waals surface area contributed by atoms with E-state index in [1.165, 1.54) is 20.9 Å². The van der Waals surface area contributed by atoms with Crippen molar-refractivity contribution in [2.45, 2.75) is 13.8 Å². The zero-order valence-corrected chi connectivity index (χ0v) is 10.6. The van der Waals surface area contributed by atoms with E-state index in [2.05, 4.69) is 15.6 Å². The highest BCUT2D eigenvalue weighted by molar-refractivity contribution is 5.82. The summed E-state index contributed by atoms with van der Waals surface area (Å²) in [6.45, 7) is 2.79. The summed E-state index contributed by atoms with van der Waals surface area (Å²) in [6, 6.07) is 0. The number of anilines is 1. The fourth-order valence-corrected chi connectivity index (χ4v) is 1.37. The maximum Gasteiger partial charge on any atom is 0.253 e. The molecular formula is C11H13F4N3O. The van der Waals surface area contributed by atoms with Crippen LogP contribution in [-0.4, -0.2) is 24.5 Å². The molecule has 106 valence electrons. The molecule has 0 aliphatic rings. The quantitative estimate of drug-likeness (QED) is 0.653. The van der Waals surface area contributed by atoms with Crippen molar-refractivity contribution in [1.29, 1.82) is 0 Å². The standard InChI is InChI=1S/C11H13F4N3O/c1-11(2,10(19)16-3)4-17-7-5(12)8(14)18-9(15)6(7)13/h4H2,1-3H3,(H,16,19)(H,17,18). The molecule has 0 aromatic carbocycles. The molecule has 2 N–H and O–H groups in total. The van der Waals surface area contributed by atoms with E-state index in [4.69, 9.17) is 0 Å². The molecule has 1 amide bonds. The average Bonchev–Trinajstić information content (AvgIpc) is 2.35. The minimum Gasteiger partial charge on any atom is -0.379 e. The number of aromatic nitrogens is 1. The normalized spacial score (nSPS) is 11.3. The molecule has 19 heavy (non-hydrogen) atoms. The third kappa shape index (κ3) is 3.12. The third-order valence-corrected chi connectivity index (χ3v) is 2.55. The van der Waals surface area contributed by atoms with Gasteiger partial charge in [0.05, 0.1) is 5.41 Å². The van der Waals surface area contributed by atoms with Crippen molar-refractivity contribution >= 4 is 11.6 Å². The zero-order valence-electron chi connectivity index (χ0n) is 10.6. The molecule has 0 aliphatic heterocycles. The van der Waals surface area contributed by atoms with Crippen molar-refractivity contribution in [3.63, 3.8) is 0 Å². The van der Waals surface area contributed by atoms with Gasteiger partial charge in [-0.25, -0.2) is 0 Å². The summed E-state index contributed by atoms with van der Waals surface area (Å²) in [7, 11) is 1.40. The highest BCUT2D eigenvalue weighted by Crippen LogP contribution is 2.24. The zero-order chi connectivity index (χ0) is 14.8. The summed E-state index contributed by atoms with van der Waals surface area (Å²) in [5.41, 5.74) is -2.01. The van der Waals surface area contributed by atoms with Gasteiger partial charge in [-0.15, -0.1) is 0 Å². The Morgan fingerprint density at radius 3 is 2.05 bits per heavy atom. The van der Waals surface area contributed by atoms with E-state index in [1.54, 1.807) is 0 Å². The van der Waals surface area contributed by atoms with Gasteiger partial charge in [0.25, 0.3) is 11.9 Å². The molecule has 1 aromatic heterocycles. The Labute approximate surface area is 107 Å². The lowest BCUT2D eigenvalue weighted by atomic mass is 9.92. The van der Waals surface area contributed by atoms with Crippen molar-refractivity contribution in [3.05, 3.63) is 23.5 Å². The minimum absolute atomic E-state index is 0.219. The van der Waals surface area contributed by atoms with E-state index < -0.39 is 40.5 Å². The molecule has 1 rings (SSSR count). The number of carbonyl (C=O) groups excluding carboxylic acids is 1. The second kappa shape index (κ2) is 5.41. The van der Waals surface area contributed by atoms with Gasteiger partial charge in [0, 0.05) is 13.6 Å². The van der Waals surface area contributed by atoms with Gasteiger partial charge in [-0.1, -0.05) is 0 Å². The smallest absolute Gasteiger partial charge is 0.253 e. The molecule has 0 radical (unpaired) electrons. The van der Waals surface area contributed by atoms with Crippen LogP contribution in [0.25, 0.3) is 0 Å².